The molecular weight excluding hydrogens is 276 g/mol. The first-order valence-electron chi connectivity index (χ1n) is 6.85. The zero-order valence-electron chi connectivity index (χ0n) is 12.0. The number of thiazole rings is 1. The molecule has 1 aliphatic rings. The molecule has 2 heterocycles. The third-order valence-corrected chi connectivity index (χ3v) is 4.34. The van der Waals surface area contributed by atoms with Crippen LogP contribution in [0.4, 0.5) is 5.13 Å². The van der Waals surface area contributed by atoms with Crippen LogP contribution in [-0.4, -0.2) is 62.7 Å². The van der Waals surface area contributed by atoms with Gasteiger partial charge in [-0.2, -0.15) is 0 Å². The molecule has 1 fully saturated rings. The molecule has 0 radical (unpaired) electrons. The maximum Gasteiger partial charge on any atom is 0.270 e. The van der Waals surface area contributed by atoms with Crippen molar-refractivity contribution in [3.63, 3.8) is 0 Å². The monoisotopic (exact) mass is 298 g/mol. The minimum atomic E-state index is -0.0851. The van der Waals surface area contributed by atoms with Gasteiger partial charge in [0.2, 0.25) is 0 Å². The number of amides is 1. The molecule has 2 rings (SSSR count). The summed E-state index contributed by atoms with van der Waals surface area (Å²) in [6.45, 7) is 4.57. The van der Waals surface area contributed by atoms with E-state index in [9.17, 15) is 4.79 Å². The highest BCUT2D eigenvalue weighted by Gasteiger charge is 2.22. The Balaban J connectivity index is 1.71. The highest BCUT2D eigenvalue weighted by Crippen LogP contribution is 2.16. The normalized spacial score (nSPS) is 19.2. The summed E-state index contributed by atoms with van der Waals surface area (Å²) >= 11 is 1.44. The van der Waals surface area contributed by atoms with Gasteiger partial charge >= 0.3 is 0 Å². The Morgan fingerprint density at radius 2 is 2.50 bits per heavy atom. The first-order chi connectivity index (χ1) is 9.72. The van der Waals surface area contributed by atoms with Crippen LogP contribution in [0, 0.1) is 5.92 Å². The molecule has 0 aliphatic carbocycles. The van der Waals surface area contributed by atoms with E-state index in [2.05, 4.69) is 20.5 Å². The van der Waals surface area contributed by atoms with Gasteiger partial charge in [-0.15, -0.1) is 11.3 Å². The summed E-state index contributed by atoms with van der Waals surface area (Å²) in [5.41, 5.74) is 0.494. The number of rotatable bonds is 7. The van der Waals surface area contributed by atoms with Gasteiger partial charge < -0.3 is 20.3 Å². The van der Waals surface area contributed by atoms with Crippen molar-refractivity contribution >= 4 is 22.4 Å². The summed E-state index contributed by atoms with van der Waals surface area (Å²) in [5.74, 6) is 0.441. The summed E-state index contributed by atoms with van der Waals surface area (Å²) in [6.07, 6.45) is 1.13. The fourth-order valence-electron chi connectivity index (χ4n) is 2.32. The molecule has 1 saturated heterocycles. The summed E-state index contributed by atoms with van der Waals surface area (Å²) in [5, 5.41) is 8.45. The van der Waals surface area contributed by atoms with Crippen LogP contribution in [0.15, 0.2) is 5.38 Å². The number of aromatic nitrogens is 1. The van der Waals surface area contributed by atoms with Gasteiger partial charge in [-0.05, 0) is 18.9 Å². The smallest absolute Gasteiger partial charge is 0.270 e. The van der Waals surface area contributed by atoms with Crippen molar-refractivity contribution in [2.75, 3.05) is 52.3 Å². The number of likely N-dealkylation sites (tertiary alicyclic amines) is 1. The number of hydrogen-bond acceptors (Lipinski definition) is 6. The number of anilines is 1. The lowest BCUT2D eigenvalue weighted by molar-refractivity contribution is 0.0942. The number of carbonyl (C=O) groups excluding carboxylic acids is 1. The molecule has 1 unspecified atom stereocenters. The lowest BCUT2D eigenvalue weighted by Gasteiger charge is -2.15. The van der Waals surface area contributed by atoms with E-state index in [-0.39, 0.29) is 5.91 Å². The predicted octanol–water partition coefficient (Wildman–Crippen LogP) is 0.883. The van der Waals surface area contributed by atoms with Crippen LogP contribution in [0.1, 0.15) is 16.9 Å². The van der Waals surface area contributed by atoms with Crippen molar-refractivity contribution in [3.8, 4) is 0 Å². The average Bonchev–Trinajstić information content (AvgIpc) is 3.11. The molecule has 1 aromatic heterocycles. The van der Waals surface area contributed by atoms with E-state index in [0.717, 1.165) is 37.8 Å². The van der Waals surface area contributed by atoms with Crippen molar-refractivity contribution in [1.82, 2.24) is 15.2 Å². The molecule has 0 saturated carbocycles. The zero-order valence-corrected chi connectivity index (χ0v) is 12.8. The molecule has 1 aliphatic heterocycles. The number of methoxy groups -OCH3 is 1. The van der Waals surface area contributed by atoms with Gasteiger partial charge in [-0.1, -0.05) is 0 Å². The van der Waals surface area contributed by atoms with Crippen molar-refractivity contribution in [3.05, 3.63) is 11.1 Å². The summed E-state index contributed by atoms with van der Waals surface area (Å²) < 4.78 is 5.08. The van der Waals surface area contributed by atoms with Gasteiger partial charge in [0.1, 0.15) is 5.69 Å². The highest BCUT2D eigenvalue weighted by molar-refractivity contribution is 7.13. The molecular formula is C13H22N4O2S. The molecule has 112 valence electrons. The standard InChI is InChI=1S/C13H22N4O2S/c1-14-13-16-11(9-20-13)12(18)15-7-10-3-4-17(8-10)5-6-19-2/h9-10H,3-8H2,1-2H3,(H,14,16)(H,15,18). The van der Waals surface area contributed by atoms with Crippen LogP contribution < -0.4 is 10.6 Å². The van der Waals surface area contributed by atoms with Gasteiger partial charge in [0, 0.05) is 39.2 Å². The van der Waals surface area contributed by atoms with Gasteiger partial charge in [-0.3, -0.25) is 4.79 Å². The van der Waals surface area contributed by atoms with Gasteiger partial charge in [-0.25, -0.2) is 4.98 Å². The SMILES string of the molecule is CNc1nc(C(=O)NCC2CCN(CCOC)C2)cs1. The Labute approximate surface area is 123 Å². The highest BCUT2D eigenvalue weighted by atomic mass is 32.1. The fourth-order valence-corrected chi connectivity index (χ4v) is 2.98. The Hall–Kier alpha value is -1.18. The van der Waals surface area contributed by atoms with Crippen molar-refractivity contribution < 1.29 is 9.53 Å². The quantitative estimate of drug-likeness (QED) is 0.782. The van der Waals surface area contributed by atoms with Crippen LogP contribution in [-0.2, 0) is 4.74 Å². The van der Waals surface area contributed by atoms with E-state index in [0.29, 0.717) is 18.2 Å². The summed E-state index contributed by atoms with van der Waals surface area (Å²) in [4.78, 5) is 18.5. The summed E-state index contributed by atoms with van der Waals surface area (Å²) in [7, 11) is 3.52. The molecule has 7 heteroatoms. The average molecular weight is 298 g/mol. The number of ether oxygens (including phenoxy) is 1. The van der Waals surface area contributed by atoms with Crippen molar-refractivity contribution in [1.29, 1.82) is 0 Å². The molecule has 1 amide bonds. The second-order valence-corrected chi connectivity index (χ2v) is 5.80. The summed E-state index contributed by atoms with van der Waals surface area (Å²) in [6, 6.07) is 0. The van der Waals surface area contributed by atoms with Crippen LogP contribution in [0.3, 0.4) is 0 Å². The Morgan fingerprint density at radius 1 is 1.65 bits per heavy atom. The van der Waals surface area contributed by atoms with E-state index in [1.165, 1.54) is 11.3 Å². The second kappa shape index (κ2) is 7.56. The van der Waals surface area contributed by atoms with Crippen LogP contribution in [0.2, 0.25) is 0 Å². The van der Waals surface area contributed by atoms with E-state index in [1.54, 1.807) is 19.5 Å². The minimum absolute atomic E-state index is 0.0851. The topological polar surface area (TPSA) is 66.5 Å². The van der Waals surface area contributed by atoms with Crippen molar-refractivity contribution in [2.45, 2.75) is 6.42 Å². The lowest BCUT2D eigenvalue weighted by atomic mass is 10.1. The molecule has 0 aromatic carbocycles. The number of nitrogens with one attached hydrogen (secondary N) is 2. The number of nitrogens with zero attached hydrogens (tertiary/aromatic N) is 2. The molecule has 6 nitrogen and oxygen atoms in total. The zero-order chi connectivity index (χ0) is 14.4. The molecule has 0 bridgehead atoms. The van der Waals surface area contributed by atoms with E-state index < -0.39 is 0 Å². The fraction of sp³-hybridized carbons (Fsp3) is 0.692. The van der Waals surface area contributed by atoms with Gasteiger partial charge in [0.25, 0.3) is 5.91 Å². The second-order valence-electron chi connectivity index (χ2n) is 4.95. The van der Waals surface area contributed by atoms with Crippen LogP contribution in [0.25, 0.3) is 0 Å². The number of hydrogen-bond donors (Lipinski definition) is 2. The van der Waals surface area contributed by atoms with Crippen LogP contribution >= 0.6 is 11.3 Å². The maximum atomic E-state index is 12.0. The number of carbonyl (C=O) groups is 1. The molecule has 1 atom stereocenters. The van der Waals surface area contributed by atoms with Crippen LogP contribution in [0.5, 0.6) is 0 Å². The molecule has 2 N–H and O–H groups in total. The van der Waals surface area contributed by atoms with Gasteiger partial charge in [0.15, 0.2) is 5.13 Å². The van der Waals surface area contributed by atoms with Crippen molar-refractivity contribution in [2.24, 2.45) is 5.92 Å². The van der Waals surface area contributed by atoms with E-state index in [1.807, 2.05) is 0 Å². The largest absolute Gasteiger partial charge is 0.383 e. The minimum Gasteiger partial charge on any atom is -0.383 e. The van der Waals surface area contributed by atoms with E-state index >= 15 is 0 Å². The molecule has 0 spiro atoms. The third kappa shape index (κ3) is 4.16. The predicted molar refractivity (Wildman–Crippen MR) is 80.4 cm³/mol. The molecule has 20 heavy (non-hydrogen) atoms. The first kappa shape index (κ1) is 15.2. The lowest BCUT2D eigenvalue weighted by Crippen LogP contribution is -2.31. The Morgan fingerprint density at radius 3 is 3.20 bits per heavy atom. The van der Waals surface area contributed by atoms with Gasteiger partial charge in [0.05, 0.1) is 6.61 Å². The maximum absolute atomic E-state index is 12.0. The first-order valence-corrected chi connectivity index (χ1v) is 7.73. The Kier molecular flexibility index (Phi) is 5.75. The third-order valence-electron chi connectivity index (χ3n) is 3.48. The van der Waals surface area contributed by atoms with E-state index in [4.69, 9.17) is 4.74 Å². The Bertz CT molecular complexity index is 438. The molecule has 1 aromatic rings.